The van der Waals surface area contributed by atoms with Crippen molar-refractivity contribution in [3.63, 3.8) is 0 Å². The Morgan fingerprint density at radius 1 is 1.00 bits per heavy atom. The van der Waals surface area contributed by atoms with Crippen LogP contribution >= 0.6 is 23.2 Å². The van der Waals surface area contributed by atoms with Crippen LogP contribution in [0.3, 0.4) is 0 Å². The summed E-state index contributed by atoms with van der Waals surface area (Å²) in [6.45, 7) is 4.12. The van der Waals surface area contributed by atoms with Gasteiger partial charge in [0.05, 0.1) is 16.6 Å². The van der Waals surface area contributed by atoms with Crippen LogP contribution in [-0.4, -0.2) is 5.91 Å². The number of amides is 1. The monoisotopic (exact) mass is 321 g/mol. The summed E-state index contributed by atoms with van der Waals surface area (Å²) >= 11 is 12.0. The average Bonchev–Trinajstić information content (AvgIpc) is 2.46. The fourth-order valence-electron chi connectivity index (χ4n) is 2.17. The maximum atomic E-state index is 12.4. The van der Waals surface area contributed by atoms with Crippen LogP contribution in [0, 0.1) is 5.92 Å². The molecule has 0 saturated heterocycles. The van der Waals surface area contributed by atoms with E-state index < -0.39 is 0 Å². The maximum absolute atomic E-state index is 12.4. The van der Waals surface area contributed by atoms with E-state index in [9.17, 15) is 4.79 Å². The van der Waals surface area contributed by atoms with Gasteiger partial charge >= 0.3 is 0 Å². The van der Waals surface area contributed by atoms with Crippen LogP contribution in [0.25, 0.3) is 0 Å². The summed E-state index contributed by atoms with van der Waals surface area (Å²) in [5, 5.41) is 4.17. The van der Waals surface area contributed by atoms with Crippen molar-refractivity contribution >= 4 is 29.1 Å². The molecule has 0 aromatic heterocycles. The van der Waals surface area contributed by atoms with Crippen molar-refractivity contribution in [3.05, 3.63) is 69.7 Å². The Kier molecular flexibility index (Phi) is 5.27. The number of hydrogen-bond acceptors (Lipinski definition) is 1. The van der Waals surface area contributed by atoms with Gasteiger partial charge in [-0.3, -0.25) is 4.79 Å². The second-order valence-corrected chi connectivity index (χ2v) is 6.07. The molecule has 0 saturated carbocycles. The summed E-state index contributed by atoms with van der Waals surface area (Å²) in [7, 11) is 0. The lowest BCUT2D eigenvalue weighted by Crippen LogP contribution is -2.31. The SMILES string of the molecule is CC(C)C(NC(=O)c1ccccc1Cl)c1ccc(Cl)cc1. The Morgan fingerprint density at radius 3 is 2.19 bits per heavy atom. The van der Waals surface area contributed by atoms with Crippen LogP contribution in [0.2, 0.25) is 10.0 Å². The molecule has 0 spiro atoms. The van der Waals surface area contributed by atoms with E-state index in [0.29, 0.717) is 15.6 Å². The summed E-state index contributed by atoms with van der Waals surface area (Å²) in [5.41, 5.74) is 1.51. The quantitative estimate of drug-likeness (QED) is 0.831. The summed E-state index contributed by atoms with van der Waals surface area (Å²) in [6, 6.07) is 14.5. The smallest absolute Gasteiger partial charge is 0.253 e. The number of benzene rings is 2. The highest BCUT2D eigenvalue weighted by Gasteiger charge is 2.20. The van der Waals surface area contributed by atoms with Gasteiger partial charge in [-0.1, -0.05) is 61.3 Å². The molecule has 0 bridgehead atoms. The molecule has 0 heterocycles. The maximum Gasteiger partial charge on any atom is 0.253 e. The van der Waals surface area contributed by atoms with Crippen LogP contribution in [-0.2, 0) is 0 Å². The van der Waals surface area contributed by atoms with Gasteiger partial charge in [-0.15, -0.1) is 0 Å². The molecule has 4 heteroatoms. The standard InChI is InChI=1S/C17H17Cl2NO/c1-11(2)16(12-7-9-13(18)10-8-12)20-17(21)14-5-3-4-6-15(14)19/h3-11,16H,1-2H3,(H,20,21). The first-order chi connectivity index (χ1) is 9.99. The number of hydrogen-bond donors (Lipinski definition) is 1. The molecule has 2 rings (SSSR count). The zero-order valence-electron chi connectivity index (χ0n) is 11.9. The van der Waals surface area contributed by atoms with Crippen LogP contribution in [0.15, 0.2) is 48.5 Å². The molecule has 0 aliphatic heterocycles. The molecular weight excluding hydrogens is 305 g/mol. The number of carbonyl (C=O) groups excluding carboxylic acids is 1. The molecule has 1 unspecified atom stereocenters. The molecule has 0 aliphatic carbocycles. The lowest BCUT2D eigenvalue weighted by molar-refractivity contribution is 0.0926. The normalized spacial score (nSPS) is 12.2. The molecule has 2 aromatic rings. The van der Waals surface area contributed by atoms with Gasteiger partial charge < -0.3 is 5.32 Å². The second-order valence-electron chi connectivity index (χ2n) is 5.23. The summed E-state index contributed by atoms with van der Waals surface area (Å²) < 4.78 is 0. The minimum atomic E-state index is -0.172. The fourth-order valence-corrected chi connectivity index (χ4v) is 2.52. The Morgan fingerprint density at radius 2 is 1.62 bits per heavy atom. The lowest BCUT2D eigenvalue weighted by atomic mass is 9.95. The predicted molar refractivity (Wildman–Crippen MR) is 87.9 cm³/mol. The summed E-state index contributed by atoms with van der Waals surface area (Å²) in [4.78, 5) is 12.4. The number of halogens is 2. The van der Waals surface area contributed by atoms with Crippen LogP contribution in [0.5, 0.6) is 0 Å². The molecule has 1 amide bonds. The van der Waals surface area contributed by atoms with Crippen molar-refractivity contribution in [2.24, 2.45) is 5.92 Å². The number of rotatable bonds is 4. The van der Waals surface area contributed by atoms with Gasteiger partial charge in [0, 0.05) is 5.02 Å². The van der Waals surface area contributed by atoms with E-state index >= 15 is 0 Å². The molecule has 0 fully saturated rings. The first-order valence-corrected chi connectivity index (χ1v) is 7.55. The number of nitrogens with one attached hydrogen (secondary N) is 1. The third-order valence-electron chi connectivity index (χ3n) is 3.30. The Bertz CT molecular complexity index is 623. The van der Waals surface area contributed by atoms with E-state index in [-0.39, 0.29) is 17.9 Å². The zero-order valence-corrected chi connectivity index (χ0v) is 13.4. The van der Waals surface area contributed by atoms with Crippen molar-refractivity contribution in [1.29, 1.82) is 0 Å². The minimum Gasteiger partial charge on any atom is -0.345 e. The zero-order chi connectivity index (χ0) is 15.4. The topological polar surface area (TPSA) is 29.1 Å². The summed E-state index contributed by atoms with van der Waals surface area (Å²) in [6.07, 6.45) is 0. The molecule has 2 nitrogen and oxygen atoms in total. The Balaban J connectivity index is 2.23. The molecule has 110 valence electrons. The fraction of sp³-hybridized carbons (Fsp3) is 0.235. The van der Waals surface area contributed by atoms with E-state index in [1.807, 2.05) is 24.3 Å². The van der Waals surface area contributed by atoms with E-state index in [2.05, 4.69) is 19.2 Å². The van der Waals surface area contributed by atoms with E-state index in [1.54, 1.807) is 24.3 Å². The van der Waals surface area contributed by atoms with Crippen molar-refractivity contribution < 1.29 is 4.79 Å². The molecule has 0 aliphatic rings. The third-order valence-corrected chi connectivity index (χ3v) is 3.88. The minimum absolute atomic E-state index is 0.0916. The van der Waals surface area contributed by atoms with Crippen molar-refractivity contribution in [2.45, 2.75) is 19.9 Å². The van der Waals surface area contributed by atoms with Gasteiger partial charge in [0.1, 0.15) is 0 Å². The first-order valence-electron chi connectivity index (χ1n) is 6.80. The van der Waals surface area contributed by atoms with Crippen LogP contribution in [0.4, 0.5) is 0 Å². The lowest BCUT2D eigenvalue weighted by Gasteiger charge is -2.23. The predicted octanol–water partition coefficient (Wildman–Crippen LogP) is 5.12. The molecule has 2 aromatic carbocycles. The van der Waals surface area contributed by atoms with Gasteiger partial charge in [-0.2, -0.15) is 0 Å². The molecule has 21 heavy (non-hydrogen) atoms. The van der Waals surface area contributed by atoms with Crippen molar-refractivity contribution in [3.8, 4) is 0 Å². The van der Waals surface area contributed by atoms with Crippen LogP contribution in [0.1, 0.15) is 35.8 Å². The molecular formula is C17H17Cl2NO. The highest BCUT2D eigenvalue weighted by Crippen LogP contribution is 2.24. The highest BCUT2D eigenvalue weighted by atomic mass is 35.5. The largest absolute Gasteiger partial charge is 0.345 e. The Labute approximate surface area is 135 Å². The van der Waals surface area contributed by atoms with Gasteiger partial charge in [-0.05, 0) is 35.7 Å². The van der Waals surface area contributed by atoms with Crippen LogP contribution < -0.4 is 5.32 Å². The molecule has 1 atom stereocenters. The van der Waals surface area contributed by atoms with Gasteiger partial charge in [0.25, 0.3) is 5.91 Å². The van der Waals surface area contributed by atoms with Crippen molar-refractivity contribution in [1.82, 2.24) is 5.32 Å². The van der Waals surface area contributed by atoms with E-state index in [4.69, 9.17) is 23.2 Å². The third kappa shape index (κ3) is 3.99. The van der Waals surface area contributed by atoms with Gasteiger partial charge in [0.15, 0.2) is 0 Å². The molecule has 1 N–H and O–H groups in total. The van der Waals surface area contributed by atoms with E-state index in [1.165, 1.54) is 0 Å². The highest BCUT2D eigenvalue weighted by molar-refractivity contribution is 6.33. The van der Waals surface area contributed by atoms with Gasteiger partial charge in [-0.25, -0.2) is 0 Å². The first kappa shape index (κ1) is 15.9. The van der Waals surface area contributed by atoms with Gasteiger partial charge in [0.2, 0.25) is 0 Å². The van der Waals surface area contributed by atoms with E-state index in [0.717, 1.165) is 5.56 Å². The number of carbonyl (C=O) groups is 1. The summed E-state index contributed by atoms with van der Waals surface area (Å²) in [5.74, 6) is 0.0758. The second kappa shape index (κ2) is 6.97. The average molecular weight is 322 g/mol. The molecule has 0 radical (unpaired) electrons. The Hall–Kier alpha value is -1.51. The van der Waals surface area contributed by atoms with Crippen molar-refractivity contribution in [2.75, 3.05) is 0 Å².